The number of piperidine rings is 1. The standard InChI is InChI=1S/C50H52F2N10O6/c1-28(63)59-17-14-41-39(27-59)46(60-16-3-4-30-22-34(35(45(51)52)24-43(30)60)38-26-56(2)40-13-15-53-25-37(38)40)55-62(41)31-7-5-29(6-8-31)48(66)58-20-18-57(19-21-58)32-9-10-33-36(23-32)50(68)61(49(33)67)42-11-12-44(64)54-47(42)65/h9-10,13,15,22-26,29,31,42,45H,3-8,11-12,14,16-21,27H2,1-2H3,(H,54,64,65). The Morgan fingerprint density at radius 3 is 2.34 bits per heavy atom. The van der Waals surface area contributed by atoms with Crippen LogP contribution in [-0.2, 0) is 45.6 Å². The molecule has 5 aromatic rings. The number of amides is 6. The fourth-order valence-corrected chi connectivity index (χ4v) is 11.6. The molecule has 1 atom stereocenters. The van der Waals surface area contributed by atoms with Crippen molar-refractivity contribution in [1.29, 1.82) is 0 Å². The maximum absolute atomic E-state index is 15.1. The van der Waals surface area contributed by atoms with Crippen LogP contribution >= 0.6 is 0 Å². The van der Waals surface area contributed by atoms with Crippen molar-refractivity contribution in [3.8, 4) is 11.1 Å². The number of nitrogens with one attached hydrogen (secondary N) is 1. The molecule has 11 rings (SSSR count). The molecule has 3 aromatic heterocycles. The normalized spacial score (nSPS) is 22.0. The van der Waals surface area contributed by atoms with Crippen LogP contribution in [0.3, 0.4) is 0 Å². The Morgan fingerprint density at radius 2 is 1.59 bits per heavy atom. The van der Waals surface area contributed by atoms with E-state index in [0.29, 0.717) is 82.1 Å². The van der Waals surface area contributed by atoms with Crippen LogP contribution in [0.2, 0.25) is 0 Å². The van der Waals surface area contributed by atoms with E-state index in [1.807, 2.05) is 39.7 Å². The van der Waals surface area contributed by atoms with Gasteiger partial charge in [0.05, 0.1) is 29.2 Å². The van der Waals surface area contributed by atoms with Gasteiger partial charge in [0, 0.05) is 130 Å². The smallest absolute Gasteiger partial charge is 0.264 e. The van der Waals surface area contributed by atoms with Crippen molar-refractivity contribution in [3.63, 3.8) is 0 Å². The van der Waals surface area contributed by atoms with E-state index in [1.54, 1.807) is 43.6 Å². The second-order valence-electron chi connectivity index (χ2n) is 19.0. The number of hydrogen-bond donors (Lipinski definition) is 1. The molecule has 0 bridgehead atoms. The second kappa shape index (κ2) is 17.0. The van der Waals surface area contributed by atoms with Gasteiger partial charge in [-0.25, -0.2) is 8.78 Å². The van der Waals surface area contributed by atoms with Crippen molar-refractivity contribution >= 4 is 63.5 Å². The van der Waals surface area contributed by atoms with Crippen molar-refractivity contribution in [2.75, 3.05) is 49.1 Å². The van der Waals surface area contributed by atoms with Crippen LogP contribution in [0.5, 0.6) is 0 Å². The van der Waals surface area contributed by atoms with Crippen LogP contribution in [0, 0.1) is 5.92 Å². The number of pyridine rings is 1. The molecule has 18 heteroatoms. The number of alkyl halides is 2. The number of piperazine rings is 1. The van der Waals surface area contributed by atoms with Gasteiger partial charge in [-0.1, -0.05) is 0 Å². The first-order valence-electron chi connectivity index (χ1n) is 23.7. The largest absolute Gasteiger partial charge is 0.368 e. The highest BCUT2D eigenvalue weighted by molar-refractivity contribution is 6.23. The lowest BCUT2D eigenvalue weighted by atomic mass is 9.84. The minimum atomic E-state index is -2.72. The van der Waals surface area contributed by atoms with Crippen LogP contribution in [0.1, 0.15) is 107 Å². The zero-order valence-electron chi connectivity index (χ0n) is 38.0. The Hall–Kier alpha value is -6.98. The highest BCUT2D eigenvalue weighted by Gasteiger charge is 2.45. The fraction of sp³-hybridized carbons (Fsp3) is 0.440. The molecule has 68 heavy (non-hydrogen) atoms. The number of aryl methyl sites for hydroxylation is 2. The Labute approximate surface area is 390 Å². The van der Waals surface area contributed by atoms with E-state index in [0.717, 1.165) is 69.6 Å². The molecule has 2 saturated heterocycles. The van der Waals surface area contributed by atoms with Crippen LogP contribution in [0.15, 0.2) is 55.0 Å². The van der Waals surface area contributed by atoms with Crippen LogP contribution in [0.25, 0.3) is 22.0 Å². The van der Waals surface area contributed by atoms with E-state index in [1.165, 1.54) is 0 Å². The number of nitrogens with zero attached hydrogens (tertiary/aromatic N) is 9. The zero-order chi connectivity index (χ0) is 47.1. The number of anilines is 3. The first-order chi connectivity index (χ1) is 32.8. The van der Waals surface area contributed by atoms with Crippen molar-refractivity contribution in [2.24, 2.45) is 13.0 Å². The summed E-state index contributed by atoms with van der Waals surface area (Å²) in [6, 6.07) is 9.54. The average Bonchev–Trinajstić information content (AvgIpc) is 3.98. The summed E-state index contributed by atoms with van der Waals surface area (Å²) >= 11 is 0. The number of benzene rings is 2. The Kier molecular flexibility index (Phi) is 10.9. The summed E-state index contributed by atoms with van der Waals surface area (Å²) in [5.41, 5.74) is 6.98. The van der Waals surface area contributed by atoms with Gasteiger partial charge in [-0.3, -0.25) is 48.6 Å². The highest BCUT2D eigenvalue weighted by Crippen LogP contribution is 2.46. The van der Waals surface area contributed by atoms with Crippen molar-refractivity contribution in [1.82, 2.24) is 39.3 Å². The number of rotatable bonds is 7. The number of carbonyl (C=O) groups is 6. The lowest BCUT2D eigenvalue weighted by Gasteiger charge is -2.39. The molecular formula is C50H52F2N10O6. The average molecular weight is 927 g/mol. The molecule has 1 aliphatic carbocycles. The molecule has 0 spiro atoms. The zero-order valence-corrected chi connectivity index (χ0v) is 38.0. The van der Waals surface area contributed by atoms with Gasteiger partial charge in [-0.05, 0) is 92.5 Å². The summed E-state index contributed by atoms with van der Waals surface area (Å²) < 4.78 is 34.4. The van der Waals surface area contributed by atoms with Gasteiger partial charge in [0.1, 0.15) is 6.04 Å². The maximum Gasteiger partial charge on any atom is 0.264 e. The molecule has 16 nitrogen and oxygen atoms in total. The Bertz CT molecular complexity index is 2950. The van der Waals surface area contributed by atoms with Gasteiger partial charge in [0.2, 0.25) is 23.6 Å². The van der Waals surface area contributed by atoms with Crippen molar-refractivity contribution in [3.05, 3.63) is 88.5 Å². The monoisotopic (exact) mass is 926 g/mol. The lowest BCUT2D eigenvalue weighted by Crippen LogP contribution is -2.54. The Balaban J connectivity index is 0.786. The molecule has 8 heterocycles. The van der Waals surface area contributed by atoms with Gasteiger partial charge in [-0.15, -0.1) is 0 Å². The number of carbonyl (C=O) groups excluding carboxylic acids is 6. The van der Waals surface area contributed by atoms with Crippen LogP contribution in [-0.4, -0.2) is 115 Å². The van der Waals surface area contributed by atoms with Gasteiger partial charge in [-0.2, -0.15) is 5.10 Å². The summed E-state index contributed by atoms with van der Waals surface area (Å²) in [5.74, 6) is -1.53. The van der Waals surface area contributed by atoms with Gasteiger partial charge >= 0.3 is 0 Å². The fourth-order valence-electron chi connectivity index (χ4n) is 11.6. The molecule has 6 amide bonds. The van der Waals surface area contributed by atoms with Crippen molar-refractivity contribution in [2.45, 2.75) is 89.8 Å². The molecular weight excluding hydrogens is 875 g/mol. The molecule has 1 N–H and O–H groups in total. The first-order valence-corrected chi connectivity index (χ1v) is 23.7. The lowest BCUT2D eigenvalue weighted by molar-refractivity contribution is -0.137. The number of hydrogen-bond acceptors (Lipinski definition) is 10. The summed E-state index contributed by atoms with van der Waals surface area (Å²) in [4.78, 5) is 90.9. The van der Waals surface area contributed by atoms with E-state index in [4.69, 9.17) is 5.10 Å². The quantitative estimate of drug-likeness (QED) is 0.196. The summed E-state index contributed by atoms with van der Waals surface area (Å²) in [6.45, 7) is 5.19. The van der Waals surface area contributed by atoms with E-state index in [-0.39, 0.29) is 53.3 Å². The molecule has 3 fully saturated rings. The maximum atomic E-state index is 15.1. The third-order valence-electron chi connectivity index (χ3n) is 15.2. The summed E-state index contributed by atoms with van der Waals surface area (Å²) in [5, 5.41) is 8.37. The molecule has 5 aliphatic heterocycles. The van der Waals surface area contributed by atoms with Gasteiger partial charge in [0.15, 0.2) is 5.82 Å². The minimum absolute atomic E-state index is 0.0281. The molecule has 2 aromatic carbocycles. The predicted octanol–water partition coefficient (Wildman–Crippen LogP) is 5.84. The summed E-state index contributed by atoms with van der Waals surface area (Å²) in [7, 11) is 1.91. The molecule has 1 saturated carbocycles. The second-order valence-corrected chi connectivity index (χ2v) is 19.0. The van der Waals surface area contributed by atoms with E-state index >= 15 is 8.78 Å². The predicted molar refractivity (Wildman–Crippen MR) is 246 cm³/mol. The van der Waals surface area contributed by atoms with E-state index in [9.17, 15) is 28.8 Å². The number of imide groups is 2. The highest BCUT2D eigenvalue weighted by atomic mass is 19.3. The number of halogens is 2. The third-order valence-corrected chi connectivity index (χ3v) is 15.2. The van der Waals surface area contributed by atoms with Crippen LogP contribution in [0.4, 0.5) is 26.0 Å². The number of aromatic nitrogens is 4. The molecule has 1 unspecified atom stereocenters. The molecule has 6 aliphatic rings. The molecule has 0 radical (unpaired) electrons. The SMILES string of the molecule is CC(=O)N1CCc2c(c(N3CCCc4cc(-c5cn(C)c6ccncc56)c(C(F)F)cc43)nn2C2CCC(C(=O)N3CCN(c4ccc5c(c4)C(=O)N(C4CCC(=O)NC4=O)C5=O)CC3)CC2)C1. The Morgan fingerprint density at radius 1 is 0.809 bits per heavy atom. The van der Waals surface area contributed by atoms with Crippen molar-refractivity contribution < 1.29 is 37.5 Å². The minimum Gasteiger partial charge on any atom is -0.368 e. The van der Waals surface area contributed by atoms with Gasteiger partial charge in [0.25, 0.3) is 18.2 Å². The summed E-state index contributed by atoms with van der Waals surface area (Å²) in [6.07, 6.45) is 7.75. The van der Waals surface area contributed by atoms with E-state index < -0.39 is 36.1 Å². The topological polar surface area (TPSA) is 166 Å². The van der Waals surface area contributed by atoms with E-state index in [2.05, 4.69) is 24.8 Å². The molecule has 352 valence electrons. The first kappa shape index (κ1) is 43.6. The van der Waals surface area contributed by atoms with Gasteiger partial charge < -0.3 is 24.2 Å². The number of fused-ring (bicyclic) bond motifs is 4. The third kappa shape index (κ3) is 7.30. The van der Waals surface area contributed by atoms with Crippen LogP contribution < -0.4 is 15.1 Å².